The second-order valence-corrected chi connectivity index (χ2v) is 8.52. The summed E-state index contributed by atoms with van der Waals surface area (Å²) in [4.78, 5) is 12.4. The van der Waals surface area contributed by atoms with Gasteiger partial charge in [0, 0.05) is 16.6 Å². The Labute approximate surface area is 171 Å². The second kappa shape index (κ2) is 9.20. The molecule has 3 rings (SSSR count). The predicted molar refractivity (Wildman–Crippen MR) is 116 cm³/mol. The number of aryl methyl sites for hydroxylation is 1. The number of nitrogens with one attached hydrogen (secondary N) is 1. The maximum Gasteiger partial charge on any atom is 0.295 e. The Morgan fingerprint density at radius 3 is 2.38 bits per heavy atom. The average Bonchev–Trinajstić information content (AvgIpc) is 2.70. The molecule has 3 aromatic carbocycles. The molecule has 0 spiro atoms. The molecular weight excluding hydrogens is 386 g/mol. The number of carbonyl (C=O) groups is 1. The summed E-state index contributed by atoms with van der Waals surface area (Å²) in [5.41, 5.74) is 1.99. The van der Waals surface area contributed by atoms with Crippen LogP contribution in [0.2, 0.25) is 0 Å². The molecule has 6 heteroatoms. The van der Waals surface area contributed by atoms with E-state index >= 15 is 0 Å². The fraction of sp³-hybridized carbons (Fsp3) is 0.261. The first kappa shape index (κ1) is 21.0. The lowest BCUT2D eigenvalue weighted by Gasteiger charge is -2.10. The number of benzene rings is 3. The largest absolute Gasteiger partial charge is 0.322 e. The van der Waals surface area contributed by atoms with Crippen molar-refractivity contribution >= 4 is 32.5 Å². The van der Waals surface area contributed by atoms with Gasteiger partial charge in [0.1, 0.15) is 4.90 Å². The molecule has 0 radical (unpaired) electrons. The smallest absolute Gasteiger partial charge is 0.295 e. The Bertz CT molecular complexity index is 1110. The van der Waals surface area contributed by atoms with Gasteiger partial charge < -0.3 is 5.32 Å². The van der Waals surface area contributed by atoms with Crippen LogP contribution in [0.4, 0.5) is 5.69 Å². The van der Waals surface area contributed by atoms with E-state index in [9.17, 15) is 17.8 Å². The Hall–Kier alpha value is -2.70. The van der Waals surface area contributed by atoms with Crippen LogP contribution in [-0.4, -0.2) is 18.9 Å². The Morgan fingerprint density at radius 2 is 1.69 bits per heavy atom. The number of carbonyl (C=O) groups excluding carboxylic acids is 1. The standard InChI is InChI=1S/C23H25NO4S/c1-2-3-4-5-8-17-11-13-18(14-12-17)23(25)24-20-15-19-9-6-7-10-21(19)22(16-20)29(26,27)28/h6-7,9-16H,2-5,8H2,1H3,(H,24,25)(H,26,27,28). The molecule has 3 aromatic rings. The van der Waals surface area contributed by atoms with Gasteiger partial charge in [-0.1, -0.05) is 62.6 Å². The molecule has 5 nitrogen and oxygen atoms in total. The predicted octanol–water partition coefficient (Wildman–Crippen LogP) is 5.46. The third-order valence-electron chi connectivity index (χ3n) is 4.89. The van der Waals surface area contributed by atoms with Gasteiger partial charge in [0.25, 0.3) is 16.0 Å². The van der Waals surface area contributed by atoms with E-state index < -0.39 is 10.1 Å². The molecule has 2 N–H and O–H groups in total. The van der Waals surface area contributed by atoms with Crippen molar-refractivity contribution in [1.29, 1.82) is 0 Å². The zero-order valence-corrected chi connectivity index (χ0v) is 17.2. The Morgan fingerprint density at radius 1 is 0.966 bits per heavy atom. The van der Waals surface area contributed by atoms with Crippen LogP contribution in [0.5, 0.6) is 0 Å². The summed E-state index contributed by atoms with van der Waals surface area (Å²) in [5, 5.41) is 3.74. The number of rotatable bonds is 8. The molecular formula is C23H25NO4S. The minimum absolute atomic E-state index is 0.228. The average molecular weight is 412 g/mol. The van der Waals surface area contributed by atoms with Crippen LogP contribution >= 0.6 is 0 Å². The molecule has 0 saturated heterocycles. The van der Waals surface area contributed by atoms with Gasteiger partial charge in [0.05, 0.1) is 0 Å². The summed E-state index contributed by atoms with van der Waals surface area (Å²) in [7, 11) is -4.42. The van der Waals surface area contributed by atoms with Crippen LogP contribution in [0.15, 0.2) is 65.6 Å². The molecule has 0 atom stereocenters. The summed E-state index contributed by atoms with van der Waals surface area (Å²) in [5.74, 6) is -0.334. The molecule has 0 aliphatic rings. The van der Waals surface area contributed by atoms with Crippen LogP contribution in [0.3, 0.4) is 0 Å². The monoisotopic (exact) mass is 411 g/mol. The Balaban J connectivity index is 1.78. The maximum atomic E-state index is 12.6. The lowest BCUT2D eigenvalue weighted by molar-refractivity contribution is 0.102. The minimum atomic E-state index is -4.42. The molecule has 0 aliphatic carbocycles. The number of fused-ring (bicyclic) bond motifs is 1. The van der Waals surface area contributed by atoms with Gasteiger partial charge in [0.15, 0.2) is 0 Å². The topological polar surface area (TPSA) is 83.5 Å². The van der Waals surface area contributed by atoms with Crippen molar-refractivity contribution in [3.8, 4) is 0 Å². The third-order valence-corrected chi connectivity index (χ3v) is 5.79. The first-order chi connectivity index (χ1) is 13.9. The summed E-state index contributed by atoms with van der Waals surface area (Å²) in [6.07, 6.45) is 5.76. The van der Waals surface area contributed by atoms with E-state index in [1.165, 1.54) is 30.9 Å². The summed E-state index contributed by atoms with van der Waals surface area (Å²) in [6.45, 7) is 2.18. The van der Waals surface area contributed by atoms with Crippen molar-refractivity contribution in [3.05, 3.63) is 71.8 Å². The molecule has 152 valence electrons. The zero-order valence-electron chi connectivity index (χ0n) is 16.4. The molecule has 0 heterocycles. The summed E-state index contributed by atoms with van der Waals surface area (Å²) in [6, 6.07) is 17.2. The molecule has 0 fully saturated rings. The number of unbranched alkanes of at least 4 members (excludes halogenated alkanes) is 3. The molecule has 0 aliphatic heterocycles. The third kappa shape index (κ3) is 5.43. The van der Waals surface area contributed by atoms with Gasteiger partial charge in [-0.15, -0.1) is 0 Å². The van der Waals surface area contributed by atoms with E-state index in [4.69, 9.17) is 0 Å². The number of amides is 1. The van der Waals surface area contributed by atoms with E-state index in [0.29, 0.717) is 22.0 Å². The van der Waals surface area contributed by atoms with Crippen LogP contribution < -0.4 is 5.32 Å². The molecule has 0 saturated carbocycles. The number of anilines is 1. The summed E-state index contributed by atoms with van der Waals surface area (Å²) >= 11 is 0. The van der Waals surface area contributed by atoms with E-state index in [1.54, 1.807) is 42.5 Å². The van der Waals surface area contributed by atoms with Gasteiger partial charge in [0.2, 0.25) is 0 Å². The highest BCUT2D eigenvalue weighted by molar-refractivity contribution is 7.86. The van der Waals surface area contributed by atoms with E-state index in [-0.39, 0.29) is 10.8 Å². The highest BCUT2D eigenvalue weighted by Crippen LogP contribution is 2.27. The summed E-state index contributed by atoms with van der Waals surface area (Å²) < 4.78 is 33.1. The van der Waals surface area contributed by atoms with Crippen molar-refractivity contribution in [2.75, 3.05) is 5.32 Å². The molecule has 0 aromatic heterocycles. The van der Waals surface area contributed by atoms with Crippen LogP contribution in [0.25, 0.3) is 10.8 Å². The molecule has 0 bridgehead atoms. The lowest BCUT2D eigenvalue weighted by Crippen LogP contribution is -2.12. The SMILES string of the molecule is CCCCCCc1ccc(C(=O)Nc2cc(S(=O)(=O)O)c3ccccc3c2)cc1. The van der Waals surface area contributed by atoms with Crippen molar-refractivity contribution in [1.82, 2.24) is 0 Å². The van der Waals surface area contributed by atoms with E-state index in [2.05, 4.69) is 12.2 Å². The van der Waals surface area contributed by atoms with Gasteiger partial charge in [-0.05, 0) is 48.1 Å². The fourth-order valence-electron chi connectivity index (χ4n) is 3.34. The van der Waals surface area contributed by atoms with Crippen LogP contribution in [0, 0.1) is 0 Å². The highest BCUT2D eigenvalue weighted by Gasteiger charge is 2.16. The lowest BCUT2D eigenvalue weighted by atomic mass is 10.0. The minimum Gasteiger partial charge on any atom is -0.322 e. The normalized spacial score (nSPS) is 11.5. The first-order valence-corrected chi connectivity index (χ1v) is 11.2. The van der Waals surface area contributed by atoms with Crippen LogP contribution in [0.1, 0.15) is 48.5 Å². The zero-order chi connectivity index (χ0) is 20.9. The second-order valence-electron chi connectivity index (χ2n) is 7.13. The maximum absolute atomic E-state index is 12.6. The Kier molecular flexibility index (Phi) is 6.67. The van der Waals surface area contributed by atoms with E-state index in [1.807, 2.05) is 12.1 Å². The molecule has 1 amide bonds. The quantitative estimate of drug-likeness (QED) is 0.381. The number of hydrogen-bond acceptors (Lipinski definition) is 3. The van der Waals surface area contributed by atoms with Gasteiger partial charge in [-0.3, -0.25) is 9.35 Å². The highest BCUT2D eigenvalue weighted by atomic mass is 32.2. The first-order valence-electron chi connectivity index (χ1n) is 9.79. The van der Waals surface area contributed by atoms with Crippen molar-refractivity contribution < 1.29 is 17.8 Å². The molecule has 0 unspecified atom stereocenters. The van der Waals surface area contributed by atoms with Gasteiger partial charge in [-0.25, -0.2) is 0 Å². The van der Waals surface area contributed by atoms with Crippen molar-refractivity contribution in [2.24, 2.45) is 0 Å². The van der Waals surface area contributed by atoms with Gasteiger partial charge in [-0.2, -0.15) is 8.42 Å². The number of hydrogen-bond donors (Lipinski definition) is 2. The van der Waals surface area contributed by atoms with Crippen LogP contribution in [-0.2, 0) is 16.5 Å². The molecule has 29 heavy (non-hydrogen) atoms. The van der Waals surface area contributed by atoms with Crippen molar-refractivity contribution in [3.63, 3.8) is 0 Å². The van der Waals surface area contributed by atoms with Crippen molar-refractivity contribution in [2.45, 2.75) is 43.9 Å². The van der Waals surface area contributed by atoms with E-state index in [0.717, 1.165) is 12.8 Å². The fourth-order valence-corrected chi connectivity index (χ4v) is 4.08. The van der Waals surface area contributed by atoms with Gasteiger partial charge >= 0.3 is 0 Å².